The molecule has 0 radical (unpaired) electrons. The Morgan fingerprint density at radius 2 is 2.11 bits per heavy atom. The van der Waals surface area contributed by atoms with Gasteiger partial charge in [0, 0.05) is 30.8 Å². The average molecular weight is 258 g/mol. The summed E-state index contributed by atoms with van der Waals surface area (Å²) in [5.41, 5.74) is 2.21. The number of nitrogens with one attached hydrogen (secondary N) is 1. The lowest BCUT2D eigenvalue weighted by Crippen LogP contribution is -2.26. The van der Waals surface area contributed by atoms with Crippen LogP contribution in [0, 0.1) is 6.92 Å². The Morgan fingerprint density at radius 1 is 1.26 bits per heavy atom. The van der Waals surface area contributed by atoms with Crippen molar-refractivity contribution in [3.05, 3.63) is 47.8 Å². The number of pyridine rings is 1. The average Bonchev–Trinajstić information content (AvgIpc) is 2.89. The number of imidazole rings is 1. The molecule has 102 valence electrons. The van der Waals surface area contributed by atoms with Crippen molar-refractivity contribution >= 4 is 0 Å². The van der Waals surface area contributed by atoms with Crippen molar-refractivity contribution in [1.82, 2.24) is 19.9 Å². The second-order valence-corrected chi connectivity index (χ2v) is 4.69. The maximum Gasteiger partial charge on any atom is 0.130 e. The van der Waals surface area contributed by atoms with Gasteiger partial charge in [-0.15, -0.1) is 0 Å². The van der Waals surface area contributed by atoms with Crippen LogP contribution in [0.5, 0.6) is 0 Å². The van der Waals surface area contributed by atoms with E-state index in [4.69, 9.17) is 0 Å². The lowest BCUT2D eigenvalue weighted by Gasteiger charge is -2.19. The van der Waals surface area contributed by atoms with Crippen molar-refractivity contribution in [1.29, 1.82) is 0 Å². The minimum Gasteiger partial charge on any atom is -0.334 e. The minimum atomic E-state index is 0.114. The molecule has 4 nitrogen and oxygen atoms in total. The summed E-state index contributed by atoms with van der Waals surface area (Å²) in [4.78, 5) is 8.91. The summed E-state index contributed by atoms with van der Waals surface area (Å²) in [6.07, 6.45) is 6.93. The second-order valence-electron chi connectivity index (χ2n) is 4.69. The van der Waals surface area contributed by atoms with E-state index in [-0.39, 0.29) is 6.04 Å². The molecule has 1 unspecified atom stereocenters. The monoisotopic (exact) mass is 258 g/mol. The minimum absolute atomic E-state index is 0.114. The fraction of sp³-hybridized carbons (Fsp3) is 0.467. The third kappa shape index (κ3) is 3.20. The van der Waals surface area contributed by atoms with Crippen LogP contribution in [0.3, 0.4) is 0 Å². The van der Waals surface area contributed by atoms with Crippen LogP contribution in [0.2, 0.25) is 0 Å². The molecule has 2 aromatic rings. The van der Waals surface area contributed by atoms with Crippen molar-refractivity contribution < 1.29 is 0 Å². The number of aromatic nitrogens is 3. The molecule has 2 rings (SSSR count). The Hall–Kier alpha value is -1.68. The molecule has 19 heavy (non-hydrogen) atoms. The van der Waals surface area contributed by atoms with Gasteiger partial charge in [0.25, 0.3) is 0 Å². The Kier molecular flexibility index (Phi) is 4.68. The maximum atomic E-state index is 4.51. The van der Waals surface area contributed by atoms with Gasteiger partial charge in [0.1, 0.15) is 5.82 Å². The molecule has 0 spiro atoms. The molecule has 4 heteroatoms. The number of aryl methyl sites for hydroxylation is 2. The first kappa shape index (κ1) is 13.7. The lowest BCUT2D eigenvalue weighted by atomic mass is 10.1. The zero-order valence-electron chi connectivity index (χ0n) is 11.9. The Morgan fingerprint density at radius 3 is 2.74 bits per heavy atom. The number of nitrogens with zero attached hydrogens (tertiary/aromatic N) is 3. The van der Waals surface area contributed by atoms with E-state index in [1.165, 1.54) is 5.56 Å². The molecule has 0 saturated heterocycles. The number of hydrogen-bond donors (Lipinski definition) is 1. The Labute approximate surface area is 114 Å². The third-order valence-electron chi connectivity index (χ3n) is 3.21. The molecule has 0 bridgehead atoms. The van der Waals surface area contributed by atoms with E-state index in [9.17, 15) is 0 Å². The fourth-order valence-electron chi connectivity index (χ4n) is 2.15. The van der Waals surface area contributed by atoms with Gasteiger partial charge in [0.15, 0.2) is 0 Å². The zero-order chi connectivity index (χ0) is 13.7. The highest BCUT2D eigenvalue weighted by atomic mass is 15.1. The fourth-order valence-corrected chi connectivity index (χ4v) is 2.15. The van der Waals surface area contributed by atoms with Crippen LogP contribution >= 0.6 is 0 Å². The van der Waals surface area contributed by atoms with Crippen molar-refractivity contribution in [2.45, 2.75) is 39.8 Å². The van der Waals surface area contributed by atoms with E-state index in [0.717, 1.165) is 31.0 Å². The smallest absolute Gasteiger partial charge is 0.130 e. The highest BCUT2D eigenvalue weighted by molar-refractivity contribution is 5.24. The van der Waals surface area contributed by atoms with Crippen molar-refractivity contribution in [2.75, 3.05) is 6.54 Å². The molecule has 0 fully saturated rings. The first-order chi connectivity index (χ1) is 9.26. The summed E-state index contributed by atoms with van der Waals surface area (Å²) in [5, 5.41) is 3.56. The van der Waals surface area contributed by atoms with E-state index in [2.05, 4.69) is 45.8 Å². The first-order valence-electron chi connectivity index (χ1n) is 6.93. The number of rotatable bonds is 6. The molecule has 2 aromatic heterocycles. The van der Waals surface area contributed by atoms with Gasteiger partial charge in [-0.3, -0.25) is 4.98 Å². The standard InChI is InChI=1S/C15H22N4/c1-4-8-16-14(13-7-6-12(3)18-11-13)15-17-9-10-19(15)5-2/h6-7,9-11,14,16H,4-5,8H2,1-3H3. The van der Waals surface area contributed by atoms with Crippen LogP contribution in [0.15, 0.2) is 30.7 Å². The van der Waals surface area contributed by atoms with Crippen LogP contribution in [-0.4, -0.2) is 21.1 Å². The second kappa shape index (κ2) is 6.48. The summed E-state index contributed by atoms with van der Waals surface area (Å²) >= 11 is 0. The molecular weight excluding hydrogens is 236 g/mol. The van der Waals surface area contributed by atoms with E-state index >= 15 is 0 Å². The van der Waals surface area contributed by atoms with Crippen LogP contribution in [0.4, 0.5) is 0 Å². The normalized spacial score (nSPS) is 12.6. The van der Waals surface area contributed by atoms with Gasteiger partial charge in [0.05, 0.1) is 6.04 Å². The van der Waals surface area contributed by atoms with Crippen molar-refractivity contribution in [3.8, 4) is 0 Å². The molecule has 2 heterocycles. The van der Waals surface area contributed by atoms with Crippen molar-refractivity contribution in [2.24, 2.45) is 0 Å². The van der Waals surface area contributed by atoms with E-state index < -0.39 is 0 Å². The quantitative estimate of drug-likeness (QED) is 0.866. The van der Waals surface area contributed by atoms with Gasteiger partial charge in [-0.2, -0.15) is 0 Å². The molecule has 0 aliphatic carbocycles. The van der Waals surface area contributed by atoms with Gasteiger partial charge in [-0.1, -0.05) is 13.0 Å². The SMILES string of the molecule is CCCNC(c1ccc(C)nc1)c1nccn1CC. The van der Waals surface area contributed by atoms with E-state index in [1.54, 1.807) is 0 Å². The first-order valence-corrected chi connectivity index (χ1v) is 6.93. The highest BCUT2D eigenvalue weighted by Crippen LogP contribution is 2.20. The summed E-state index contributed by atoms with van der Waals surface area (Å²) in [6.45, 7) is 8.21. The molecule has 0 saturated carbocycles. The summed E-state index contributed by atoms with van der Waals surface area (Å²) in [7, 11) is 0. The molecule has 1 N–H and O–H groups in total. The molecule has 0 amide bonds. The molecule has 1 atom stereocenters. The highest BCUT2D eigenvalue weighted by Gasteiger charge is 2.18. The topological polar surface area (TPSA) is 42.7 Å². The molecule has 0 aliphatic heterocycles. The predicted molar refractivity (Wildman–Crippen MR) is 77.0 cm³/mol. The Bertz CT molecular complexity index is 501. The lowest BCUT2D eigenvalue weighted by molar-refractivity contribution is 0.540. The van der Waals surface area contributed by atoms with Gasteiger partial charge in [-0.25, -0.2) is 4.98 Å². The molecule has 0 aliphatic rings. The number of hydrogen-bond acceptors (Lipinski definition) is 3. The predicted octanol–water partition coefficient (Wildman–Crippen LogP) is 2.70. The van der Waals surface area contributed by atoms with Crippen LogP contribution in [-0.2, 0) is 6.54 Å². The Balaban J connectivity index is 2.32. The van der Waals surface area contributed by atoms with E-state index in [0.29, 0.717) is 0 Å². The van der Waals surface area contributed by atoms with Gasteiger partial charge >= 0.3 is 0 Å². The largest absolute Gasteiger partial charge is 0.334 e. The molecule has 0 aromatic carbocycles. The van der Waals surface area contributed by atoms with Crippen LogP contribution in [0.1, 0.15) is 43.4 Å². The summed E-state index contributed by atoms with van der Waals surface area (Å²) < 4.78 is 2.17. The van der Waals surface area contributed by atoms with Crippen molar-refractivity contribution in [3.63, 3.8) is 0 Å². The maximum absolute atomic E-state index is 4.51. The third-order valence-corrected chi connectivity index (χ3v) is 3.21. The van der Waals surface area contributed by atoms with Gasteiger partial charge < -0.3 is 9.88 Å². The zero-order valence-corrected chi connectivity index (χ0v) is 11.9. The summed E-state index contributed by atoms with van der Waals surface area (Å²) in [6, 6.07) is 4.29. The van der Waals surface area contributed by atoms with Gasteiger partial charge in [0.2, 0.25) is 0 Å². The van der Waals surface area contributed by atoms with Crippen LogP contribution in [0.25, 0.3) is 0 Å². The molecular formula is C15H22N4. The van der Waals surface area contributed by atoms with Crippen LogP contribution < -0.4 is 5.32 Å². The van der Waals surface area contributed by atoms with E-state index in [1.807, 2.05) is 25.5 Å². The van der Waals surface area contributed by atoms with Gasteiger partial charge in [-0.05, 0) is 38.4 Å². The summed E-state index contributed by atoms with van der Waals surface area (Å²) in [5.74, 6) is 1.06.